The minimum Gasteiger partial charge on any atom is -0.379 e. The molecule has 1 aliphatic heterocycles. The van der Waals surface area contributed by atoms with Gasteiger partial charge in [-0.25, -0.2) is 4.79 Å². The second-order valence-electron chi connectivity index (χ2n) is 8.17. The number of benzene rings is 3. The molecule has 0 aliphatic carbocycles. The summed E-state index contributed by atoms with van der Waals surface area (Å²) < 4.78 is 5.42. The van der Waals surface area contributed by atoms with Crippen LogP contribution in [-0.2, 0) is 4.74 Å². The highest BCUT2D eigenvalue weighted by atomic mass is 35.5. The van der Waals surface area contributed by atoms with Crippen molar-refractivity contribution < 1.29 is 14.3 Å². The summed E-state index contributed by atoms with van der Waals surface area (Å²) in [6, 6.07) is 18.2. The number of morpholine rings is 1. The summed E-state index contributed by atoms with van der Waals surface area (Å²) in [4.78, 5) is 29.8. The van der Waals surface area contributed by atoms with E-state index < -0.39 is 0 Å². The van der Waals surface area contributed by atoms with Crippen LogP contribution in [-0.4, -0.2) is 56.2 Å². The number of ether oxygens (including phenoxy) is 1. The van der Waals surface area contributed by atoms with Gasteiger partial charge in [-0.05, 0) is 66.7 Å². The van der Waals surface area contributed by atoms with Crippen molar-refractivity contribution in [3.8, 4) is 0 Å². The first-order chi connectivity index (χ1) is 17.4. The Morgan fingerprint density at radius 1 is 0.833 bits per heavy atom. The SMILES string of the molecule is O=C(Nc1ccc(Cl)cc1)c1ccc(N(CCN2CCOCC2)C(=O)Nc2ccc(Cl)cc2)c(Cl)c1. The molecule has 0 aromatic heterocycles. The number of hydrogen-bond acceptors (Lipinski definition) is 4. The quantitative estimate of drug-likeness (QED) is 0.366. The molecule has 0 bridgehead atoms. The number of carbonyl (C=O) groups is 2. The first-order valence-corrected chi connectivity index (χ1v) is 12.5. The molecule has 3 aromatic rings. The second kappa shape index (κ2) is 12.4. The lowest BCUT2D eigenvalue weighted by molar-refractivity contribution is 0.0393. The molecule has 4 rings (SSSR count). The highest BCUT2D eigenvalue weighted by molar-refractivity contribution is 6.34. The van der Waals surface area contributed by atoms with Crippen LogP contribution in [0.3, 0.4) is 0 Å². The van der Waals surface area contributed by atoms with Crippen molar-refractivity contribution in [2.45, 2.75) is 0 Å². The molecule has 7 nitrogen and oxygen atoms in total. The molecule has 1 fully saturated rings. The zero-order valence-electron chi connectivity index (χ0n) is 19.3. The van der Waals surface area contributed by atoms with Crippen LogP contribution in [0.4, 0.5) is 21.9 Å². The summed E-state index contributed by atoms with van der Waals surface area (Å²) in [7, 11) is 0. The summed E-state index contributed by atoms with van der Waals surface area (Å²) in [5.41, 5.74) is 2.08. The fourth-order valence-electron chi connectivity index (χ4n) is 3.73. The molecule has 0 radical (unpaired) electrons. The number of anilines is 3. The van der Waals surface area contributed by atoms with Crippen molar-refractivity contribution in [3.63, 3.8) is 0 Å². The number of halogens is 3. The van der Waals surface area contributed by atoms with Crippen molar-refractivity contribution in [1.82, 2.24) is 4.90 Å². The maximum Gasteiger partial charge on any atom is 0.326 e. The van der Waals surface area contributed by atoms with Gasteiger partial charge in [0.2, 0.25) is 0 Å². The molecule has 0 saturated carbocycles. The van der Waals surface area contributed by atoms with E-state index in [1.165, 1.54) is 0 Å². The van der Waals surface area contributed by atoms with E-state index in [1.807, 2.05) is 0 Å². The van der Waals surface area contributed by atoms with Crippen LogP contribution in [0.5, 0.6) is 0 Å². The van der Waals surface area contributed by atoms with Crippen LogP contribution < -0.4 is 15.5 Å². The predicted molar refractivity (Wildman–Crippen MR) is 146 cm³/mol. The smallest absolute Gasteiger partial charge is 0.326 e. The Morgan fingerprint density at radius 2 is 1.42 bits per heavy atom. The average molecular weight is 548 g/mol. The highest BCUT2D eigenvalue weighted by Crippen LogP contribution is 2.28. The fraction of sp³-hybridized carbons (Fsp3) is 0.231. The van der Waals surface area contributed by atoms with E-state index in [9.17, 15) is 9.59 Å². The molecule has 36 heavy (non-hydrogen) atoms. The molecule has 0 atom stereocenters. The molecule has 1 heterocycles. The number of nitrogens with one attached hydrogen (secondary N) is 2. The van der Waals surface area contributed by atoms with Gasteiger partial charge in [0, 0.05) is 53.2 Å². The molecule has 0 spiro atoms. The summed E-state index contributed by atoms with van der Waals surface area (Å²) in [6.45, 7) is 3.96. The van der Waals surface area contributed by atoms with Gasteiger partial charge in [0.15, 0.2) is 0 Å². The lowest BCUT2D eigenvalue weighted by atomic mass is 10.1. The summed E-state index contributed by atoms with van der Waals surface area (Å²) >= 11 is 18.5. The van der Waals surface area contributed by atoms with Gasteiger partial charge in [0.1, 0.15) is 0 Å². The summed E-state index contributed by atoms with van der Waals surface area (Å²) in [6.07, 6.45) is 0. The average Bonchev–Trinajstić information content (AvgIpc) is 2.88. The lowest BCUT2D eigenvalue weighted by Gasteiger charge is -2.30. The van der Waals surface area contributed by atoms with Gasteiger partial charge in [0.05, 0.1) is 23.9 Å². The molecule has 3 amide bonds. The Morgan fingerprint density at radius 3 is 2.00 bits per heavy atom. The van der Waals surface area contributed by atoms with Gasteiger partial charge in [-0.15, -0.1) is 0 Å². The van der Waals surface area contributed by atoms with E-state index in [-0.39, 0.29) is 17.0 Å². The second-order valence-corrected chi connectivity index (χ2v) is 9.45. The zero-order chi connectivity index (χ0) is 25.5. The third-order valence-corrected chi connectivity index (χ3v) is 6.49. The first kappa shape index (κ1) is 26.3. The van der Waals surface area contributed by atoms with Crippen molar-refractivity contribution in [1.29, 1.82) is 0 Å². The van der Waals surface area contributed by atoms with E-state index in [0.717, 1.165) is 13.1 Å². The Hall–Kier alpha value is -2.81. The van der Waals surface area contributed by atoms with Gasteiger partial charge in [-0.1, -0.05) is 34.8 Å². The van der Waals surface area contributed by atoms with Crippen LogP contribution in [0.2, 0.25) is 15.1 Å². The van der Waals surface area contributed by atoms with Crippen LogP contribution in [0.1, 0.15) is 10.4 Å². The molecule has 188 valence electrons. The van der Waals surface area contributed by atoms with Gasteiger partial charge < -0.3 is 15.4 Å². The molecule has 10 heteroatoms. The van der Waals surface area contributed by atoms with E-state index >= 15 is 0 Å². The molecule has 2 N–H and O–H groups in total. The fourth-order valence-corrected chi connectivity index (χ4v) is 4.26. The van der Waals surface area contributed by atoms with Crippen LogP contribution in [0, 0.1) is 0 Å². The number of nitrogens with zero attached hydrogens (tertiary/aromatic N) is 2. The predicted octanol–water partition coefficient (Wildman–Crippen LogP) is 6.27. The van der Waals surface area contributed by atoms with Crippen molar-refractivity contribution in [2.24, 2.45) is 0 Å². The summed E-state index contributed by atoms with van der Waals surface area (Å²) in [5.74, 6) is -0.323. The number of hydrogen-bond donors (Lipinski definition) is 2. The number of rotatable bonds is 7. The van der Waals surface area contributed by atoms with Crippen LogP contribution >= 0.6 is 34.8 Å². The summed E-state index contributed by atoms with van der Waals surface area (Å²) in [5, 5.41) is 7.14. The van der Waals surface area contributed by atoms with E-state index in [1.54, 1.807) is 71.6 Å². The number of carbonyl (C=O) groups excluding carboxylic acids is 2. The molecular formula is C26H25Cl3N4O3. The Kier molecular flexibility index (Phi) is 9.07. The monoisotopic (exact) mass is 546 g/mol. The van der Waals surface area contributed by atoms with Gasteiger partial charge in [0.25, 0.3) is 5.91 Å². The Balaban J connectivity index is 1.52. The lowest BCUT2D eigenvalue weighted by Crippen LogP contribution is -2.44. The van der Waals surface area contributed by atoms with Crippen molar-refractivity contribution in [2.75, 3.05) is 54.9 Å². The van der Waals surface area contributed by atoms with Crippen LogP contribution in [0.25, 0.3) is 0 Å². The van der Waals surface area contributed by atoms with E-state index in [0.29, 0.717) is 59.0 Å². The first-order valence-electron chi connectivity index (χ1n) is 11.4. The normalized spacial score (nSPS) is 13.8. The molecule has 3 aromatic carbocycles. The minimum absolute atomic E-state index is 0.284. The topological polar surface area (TPSA) is 73.9 Å². The minimum atomic E-state index is -0.342. The van der Waals surface area contributed by atoms with E-state index in [2.05, 4.69) is 15.5 Å². The molecule has 1 aliphatic rings. The van der Waals surface area contributed by atoms with Gasteiger partial charge >= 0.3 is 6.03 Å². The molecule has 0 unspecified atom stereocenters. The third-order valence-electron chi connectivity index (χ3n) is 5.69. The Labute approximate surface area is 224 Å². The van der Waals surface area contributed by atoms with Crippen molar-refractivity contribution >= 4 is 63.8 Å². The highest BCUT2D eigenvalue weighted by Gasteiger charge is 2.22. The number of amides is 3. The van der Waals surface area contributed by atoms with Crippen molar-refractivity contribution in [3.05, 3.63) is 87.4 Å². The Bertz CT molecular complexity index is 1200. The molecule has 1 saturated heterocycles. The van der Waals surface area contributed by atoms with Gasteiger partial charge in [-0.2, -0.15) is 0 Å². The van der Waals surface area contributed by atoms with E-state index in [4.69, 9.17) is 39.5 Å². The maximum absolute atomic E-state index is 13.3. The van der Waals surface area contributed by atoms with Crippen LogP contribution in [0.15, 0.2) is 66.7 Å². The molecular weight excluding hydrogens is 523 g/mol. The maximum atomic E-state index is 13.3. The third kappa shape index (κ3) is 7.12. The zero-order valence-corrected chi connectivity index (χ0v) is 21.6. The standard InChI is InChI=1S/C26H25Cl3N4O3/c27-19-2-6-21(7-3-19)30-25(34)18-1-10-24(23(29)17-18)33(12-11-32-13-15-36-16-14-32)26(35)31-22-8-4-20(28)5-9-22/h1-10,17H,11-16H2,(H,30,34)(H,31,35). The largest absolute Gasteiger partial charge is 0.379 e. The van der Waals surface area contributed by atoms with Gasteiger partial charge in [-0.3, -0.25) is 14.6 Å². The number of urea groups is 1.